The fraction of sp³-hybridized carbons (Fsp3) is 0.850. The van der Waals surface area contributed by atoms with Crippen molar-refractivity contribution in [3.8, 4) is 0 Å². The molecule has 18 heteroatoms. The standard InChI is InChI=1S/C40H51N3O15/c1-15-29-40(57-29)36(7,37(8,51)33(50)58-40)32-38(15)14-39(32,56-21(47)11-9-10-12-42-43-41)28-22-23(27(52-16(2)44)31(35(28,38)6)54-18(4)46)34(5)19(24(48)25(22)49)13-20-26(55-20)30(34)53-17(3)45/h15,19-20,22-23,25-32,49,51H,9-14H2,1-8H3/t15-,19-,20+,22+,23-,25-,26+,27+,28+,29-,30+,31+,32+,34+,35-,36+,37-,38+,39+,40+/m1/s1. The van der Waals surface area contributed by atoms with Crippen molar-refractivity contribution in [2.75, 3.05) is 6.54 Å². The highest BCUT2D eigenvalue weighted by Gasteiger charge is 3.03. The van der Waals surface area contributed by atoms with Crippen LogP contribution in [0.1, 0.15) is 87.5 Å². The lowest BCUT2D eigenvalue weighted by molar-refractivity contribution is -0.299. The summed E-state index contributed by atoms with van der Waals surface area (Å²) in [7, 11) is 0. The minimum Gasteiger partial charge on any atom is -0.459 e. The summed E-state index contributed by atoms with van der Waals surface area (Å²) >= 11 is 0. The quantitative estimate of drug-likeness (QED) is 0.0643. The summed E-state index contributed by atoms with van der Waals surface area (Å²) in [5, 5.41) is 28.6. The smallest absolute Gasteiger partial charge is 0.341 e. The zero-order valence-corrected chi connectivity index (χ0v) is 33.8. The molecule has 3 aliphatic heterocycles. The molecular weight excluding hydrogens is 762 g/mol. The molecule has 3 heterocycles. The van der Waals surface area contributed by atoms with Crippen molar-refractivity contribution in [2.24, 2.45) is 62.3 Å². The van der Waals surface area contributed by atoms with Crippen molar-refractivity contribution in [1.29, 1.82) is 0 Å². The normalized spacial score (nSPS) is 54.1. The van der Waals surface area contributed by atoms with E-state index in [1.165, 1.54) is 27.7 Å². The number of hydrogen-bond acceptors (Lipinski definition) is 16. The van der Waals surface area contributed by atoms with Crippen LogP contribution in [0.15, 0.2) is 5.11 Å². The van der Waals surface area contributed by atoms with Gasteiger partial charge in [-0.05, 0) is 56.4 Å². The fourth-order valence-electron chi connectivity index (χ4n) is 15.4. The lowest BCUT2D eigenvalue weighted by Gasteiger charge is -2.68. The van der Waals surface area contributed by atoms with Gasteiger partial charge in [0.1, 0.15) is 42.2 Å². The Bertz CT molecular complexity index is 1990. The molecule has 0 amide bonds. The Hall–Kier alpha value is -3.83. The molecule has 58 heavy (non-hydrogen) atoms. The Morgan fingerprint density at radius 3 is 2.28 bits per heavy atom. The van der Waals surface area contributed by atoms with Gasteiger partial charge in [0.2, 0.25) is 5.79 Å². The van der Waals surface area contributed by atoms with Crippen LogP contribution < -0.4 is 0 Å². The number of azide groups is 1. The molecule has 18 nitrogen and oxygen atoms in total. The molecule has 0 unspecified atom stereocenters. The average molecular weight is 814 g/mol. The number of fused-ring (bicyclic) bond motifs is 7. The van der Waals surface area contributed by atoms with E-state index in [1.807, 2.05) is 13.8 Å². The summed E-state index contributed by atoms with van der Waals surface area (Å²) < 4.78 is 43.9. The molecule has 6 aliphatic carbocycles. The van der Waals surface area contributed by atoms with Gasteiger partial charge in [-0.1, -0.05) is 25.9 Å². The molecule has 2 N–H and O–H groups in total. The van der Waals surface area contributed by atoms with Crippen LogP contribution in [0.25, 0.3) is 10.4 Å². The van der Waals surface area contributed by atoms with E-state index in [4.69, 9.17) is 38.7 Å². The number of unbranched alkanes of at least 4 members (excludes halogenated alkanes) is 1. The number of carbonyl (C=O) groups is 6. The van der Waals surface area contributed by atoms with Crippen molar-refractivity contribution in [1.82, 2.24) is 0 Å². The van der Waals surface area contributed by atoms with E-state index < -0.39 is 153 Å². The lowest BCUT2D eigenvalue weighted by Crippen LogP contribution is -2.76. The van der Waals surface area contributed by atoms with Gasteiger partial charge in [-0.2, -0.15) is 0 Å². The van der Waals surface area contributed by atoms with E-state index in [1.54, 1.807) is 13.8 Å². The third kappa shape index (κ3) is 4.26. The van der Waals surface area contributed by atoms with E-state index in [2.05, 4.69) is 10.0 Å². The van der Waals surface area contributed by atoms with Gasteiger partial charge in [-0.15, -0.1) is 0 Å². The number of ketones is 1. The first kappa shape index (κ1) is 39.6. The molecule has 9 fully saturated rings. The van der Waals surface area contributed by atoms with Crippen LogP contribution in [-0.2, 0) is 61.9 Å². The monoisotopic (exact) mass is 813 g/mol. The Morgan fingerprint density at radius 1 is 0.983 bits per heavy atom. The van der Waals surface area contributed by atoms with Gasteiger partial charge >= 0.3 is 29.8 Å². The summed E-state index contributed by atoms with van der Waals surface area (Å²) in [6, 6.07) is 0. The van der Waals surface area contributed by atoms with Crippen LogP contribution >= 0.6 is 0 Å². The first-order chi connectivity index (χ1) is 27.1. The number of Topliss-reactive ketones (excluding diaryl/α,β-unsaturated/α-hetero) is 1. The average Bonchev–Trinajstić information content (AvgIpc) is 4.02. The number of esters is 5. The highest BCUT2D eigenvalue weighted by atomic mass is 16.8. The van der Waals surface area contributed by atoms with Crippen molar-refractivity contribution < 1.29 is 72.1 Å². The van der Waals surface area contributed by atoms with E-state index in [-0.39, 0.29) is 32.2 Å². The number of aliphatic hydroxyl groups excluding tert-OH is 1. The molecular formula is C40H51N3O15. The maximum Gasteiger partial charge on any atom is 0.341 e. The highest BCUT2D eigenvalue weighted by molar-refractivity contribution is 5.89. The molecule has 2 bridgehead atoms. The van der Waals surface area contributed by atoms with Gasteiger partial charge in [-0.3, -0.25) is 24.0 Å². The van der Waals surface area contributed by atoms with Crippen molar-refractivity contribution >= 4 is 35.6 Å². The minimum atomic E-state index is -2.21. The molecule has 3 saturated heterocycles. The second kappa shape index (κ2) is 11.9. The van der Waals surface area contributed by atoms with E-state index in [0.29, 0.717) is 6.42 Å². The topological polar surface area (TPSA) is 263 Å². The Labute approximate surface area is 333 Å². The zero-order chi connectivity index (χ0) is 42.1. The number of ether oxygens (including phenoxy) is 7. The predicted octanol–water partition coefficient (Wildman–Crippen LogP) is 2.23. The number of epoxide rings is 2. The van der Waals surface area contributed by atoms with Crippen LogP contribution in [0, 0.1) is 57.2 Å². The molecule has 0 radical (unpaired) electrons. The number of nitrogens with zero attached hydrogens (tertiary/aromatic N) is 3. The van der Waals surface area contributed by atoms with Crippen molar-refractivity contribution in [3.05, 3.63) is 10.4 Å². The van der Waals surface area contributed by atoms with Crippen molar-refractivity contribution in [2.45, 2.75) is 147 Å². The predicted molar refractivity (Wildman–Crippen MR) is 190 cm³/mol. The van der Waals surface area contributed by atoms with Gasteiger partial charge in [-0.25, -0.2) is 4.79 Å². The lowest BCUT2D eigenvalue weighted by atomic mass is 9.35. The molecule has 20 atom stereocenters. The summed E-state index contributed by atoms with van der Waals surface area (Å²) in [5.41, 5.74) is -0.652. The number of carbonyl (C=O) groups excluding carboxylic acids is 6. The fourth-order valence-corrected chi connectivity index (χ4v) is 15.4. The second-order valence-corrected chi connectivity index (χ2v) is 19.3. The van der Waals surface area contributed by atoms with Gasteiger partial charge in [0.05, 0.1) is 11.5 Å². The van der Waals surface area contributed by atoms with E-state index >= 15 is 0 Å². The largest absolute Gasteiger partial charge is 0.459 e. The molecule has 316 valence electrons. The molecule has 0 aromatic heterocycles. The second-order valence-electron chi connectivity index (χ2n) is 19.3. The molecule has 9 rings (SSSR count). The van der Waals surface area contributed by atoms with Crippen LogP contribution in [0.2, 0.25) is 0 Å². The molecule has 6 saturated carbocycles. The van der Waals surface area contributed by atoms with Gasteiger partial charge < -0.3 is 43.4 Å². The Kier molecular flexibility index (Phi) is 8.14. The zero-order valence-electron chi connectivity index (χ0n) is 33.8. The molecule has 0 aromatic carbocycles. The highest BCUT2D eigenvalue weighted by Crippen LogP contribution is 2.94. The number of rotatable bonds is 9. The molecule has 1 spiro atoms. The molecule has 9 aliphatic rings. The Balaban J connectivity index is 1.30. The third-order valence-electron chi connectivity index (χ3n) is 17.2. The Morgan fingerprint density at radius 2 is 1.64 bits per heavy atom. The van der Waals surface area contributed by atoms with Gasteiger partial charge in [0.15, 0.2) is 11.4 Å². The maximum absolute atomic E-state index is 14.9. The van der Waals surface area contributed by atoms with Crippen LogP contribution in [0.4, 0.5) is 0 Å². The van der Waals surface area contributed by atoms with Crippen molar-refractivity contribution in [3.63, 3.8) is 0 Å². The van der Waals surface area contributed by atoms with Crippen LogP contribution in [0.3, 0.4) is 0 Å². The minimum absolute atomic E-state index is 0.0866. The van der Waals surface area contributed by atoms with E-state index in [0.717, 1.165) is 0 Å². The maximum atomic E-state index is 14.9. The summed E-state index contributed by atoms with van der Waals surface area (Å²) in [6.45, 7) is 12.3. The van der Waals surface area contributed by atoms with Crippen LogP contribution in [-0.4, -0.2) is 112 Å². The van der Waals surface area contributed by atoms with Crippen LogP contribution in [0.5, 0.6) is 0 Å². The third-order valence-corrected chi connectivity index (χ3v) is 17.2. The first-order valence-electron chi connectivity index (χ1n) is 20.3. The molecule has 0 aromatic rings. The van der Waals surface area contributed by atoms with Gasteiger partial charge in [0.25, 0.3) is 0 Å². The van der Waals surface area contributed by atoms with Gasteiger partial charge in [0, 0.05) is 79.1 Å². The SMILES string of the molecule is CC(=O)O[C@H]1[C@H]2[C@H]([C@@H]3[C@@]4(OC(=O)CCCCN=[N+]=[N-])C[C@@]5([C@H](C)[C@H]6O[C@]67OC(=O)[C@@](C)(O)[C@]7(C)[C@H]45)[C@@]3(C)[C@H]1OC(C)=O)[C@@H](O)C(=O)[C@H]1C[C@@H]3O[C@@H]3[C@H](OC(C)=O)[C@]21C. The van der Waals surface area contributed by atoms with E-state index in [9.17, 15) is 39.0 Å². The number of aliphatic hydroxyl groups is 2. The first-order valence-corrected chi connectivity index (χ1v) is 20.3. The summed E-state index contributed by atoms with van der Waals surface area (Å²) in [5.74, 6) is -11.6. The summed E-state index contributed by atoms with van der Waals surface area (Å²) in [6.07, 6.45) is -6.41. The summed E-state index contributed by atoms with van der Waals surface area (Å²) in [4.78, 5) is 85.4. The number of hydrogen-bond donors (Lipinski definition) is 2.